The van der Waals surface area contributed by atoms with Crippen molar-refractivity contribution < 1.29 is 9.13 Å². The maximum absolute atomic E-state index is 13.8. The summed E-state index contributed by atoms with van der Waals surface area (Å²) in [6, 6.07) is 11.9. The molecule has 1 aromatic heterocycles. The monoisotopic (exact) mass is 342 g/mol. The number of ether oxygens (including phenoxy) is 1. The molecule has 0 aliphatic carbocycles. The van der Waals surface area contributed by atoms with Gasteiger partial charge in [-0.1, -0.05) is 37.6 Å². The van der Waals surface area contributed by atoms with Gasteiger partial charge in [0.2, 0.25) is 0 Å². The number of aromatic nitrogens is 4. The molecule has 0 saturated carbocycles. The molecule has 0 spiro atoms. The average Bonchev–Trinajstić information content (AvgIpc) is 2.94. The van der Waals surface area contributed by atoms with Gasteiger partial charge in [0.1, 0.15) is 6.61 Å². The van der Waals surface area contributed by atoms with E-state index in [-0.39, 0.29) is 18.0 Å². The molecule has 130 valence electrons. The van der Waals surface area contributed by atoms with Crippen LogP contribution in [0.4, 0.5) is 4.39 Å². The molecule has 0 aliphatic rings. The van der Waals surface area contributed by atoms with E-state index in [1.54, 1.807) is 24.3 Å². The second-order valence-corrected chi connectivity index (χ2v) is 5.68. The molecule has 0 radical (unpaired) electrons. The van der Waals surface area contributed by atoms with E-state index < -0.39 is 5.82 Å². The Morgan fingerprint density at radius 3 is 2.60 bits per heavy atom. The highest BCUT2D eigenvalue weighted by molar-refractivity contribution is 5.45. The van der Waals surface area contributed by atoms with Crippen LogP contribution in [0, 0.1) is 5.82 Å². The summed E-state index contributed by atoms with van der Waals surface area (Å²) in [5.74, 6) is -0.250. The lowest BCUT2D eigenvalue weighted by atomic mass is 10.0. The standard InChI is InChI=1S/C18H19FN4O2/c1-3-7-13-8-6-10-16(23-18(24)22(2)20-21-23)14(13)12-25-17-11-5-4-9-15(17)19/h4-6,8-11H,3,7,12H2,1-2H3. The molecule has 0 amide bonds. The Labute approximate surface area is 144 Å². The minimum Gasteiger partial charge on any atom is -0.486 e. The lowest BCUT2D eigenvalue weighted by Gasteiger charge is -2.15. The summed E-state index contributed by atoms with van der Waals surface area (Å²) in [5, 5.41) is 7.67. The normalized spacial score (nSPS) is 10.8. The zero-order valence-electron chi connectivity index (χ0n) is 14.1. The van der Waals surface area contributed by atoms with Crippen molar-refractivity contribution in [1.82, 2.24) is 19.8 Å². The van der Waals surface area contributed by atoms with Gasteiger partial charge in [0.15, 0.2) is 11.6 Å². The maximum Gasteiger partial charge on any atom is 0.368 e. The van der Waals surface area contributed by atoms with Gasteiger partial charge in [0.25, 0.3) is 0 Å². The number of hydrogen-bond donors (Lipinski definition) is 0. The van der Waals surface area contributed by atoms with E-state index >= 15 is 0 Å². The Morgan fingerprint density at radius 2 is 1.92 bits per heavy atom. The van der Waals surface area contributed by atoms with E-state index in [2.05, 4.69) is 17.4 Å². The maximum atomic E-state index is 13.8. The SMILES string of the molecule is CCCc1cccc(-n2nnn(C)c2=O)c1COc1ccccc1F. The highest BCUT2D eigenvalue weighted by Gasteiger charge is 2.15. The number of tetrazole rings is 1. The molecule has 0 aliphatic heterocycles. The van der Waals surface area contributed by atoms with Gasteiger partial charge >= 0.3 is 5.69 Å². The lowest BCUT2D eigenvalue weighted by molar-refractivity contribution is 0.288. The van der Waals surface area contributed by atoms with Crippen molar-refractivity contribution >= 4 is 0 Å². The summed E-state index contributed by atoms with van der Waals surface area (Å²) >= 11 is 0. The van der Waals surface area contributed by atoms with Crippen LogP contribution in [-0.2, 0) is 20.1 Å². The molecule has 0 unspecified atom stereocenters. The van der Waals surface area contributed by atoms with Gasteiger partial charge in [0.05, 0.1) is 5.69 Å². The van der Waals surface area contributed by atoms with Crippen LogP contribution in [0.1, 0.15) is 24.5 Å². The summed E-state index contributed by atoms with van der Waals surface area (Å²) in [7, 11) is 1.54. The van der Waals surface area contributed by atoms with Crippen molar-refractivity contribution in [2.75, 3.05) is 0 Å². The molecule has 6 nitrogen and oxygen atoms in total. The summed E-state index contributed by atoms with van der Waals surface area (Å²) in [6.45, 7) is 2.21. The molecule has 0 saturated heterocycles. The third-order valence-corrected chi connectivity index (χ3v) is 3.93. The van der Waals surface area contributed by atoms with Crippen LogP contribution in [-0.4, -0.2) is 19.8 Å². The molecule has 2 aromatic carbocycles. The van der Waals surface area contributed by atoms with Crippen LogP contribution in [0.5, 0.6) is 5.75 Å². The molecule has 25 heavy (non-hydrogen) atoms. The molecular formula is C18H19FN4O2. The van der Waals surface area contributed by atoms with Crippen molar-refractivity contribution in [2.24, 2.45) is 7.05 Å². The Hall–Kier alpha value is -2.96. The van der Waals surface area contributed by atoms with E-state index in [1.807, 2.05) is 12.1 Å². The van der Waals surface area contributed by atoms with Crippen LogP contribution in [0.15, 0.2) is 47.3 Å². The quantitative estimate of drug-likeness (QED) is 0.691. The molecule has 3 rings (SSSR count). The van der Waals surface area contributed by atoms with E-state index in [9.17, 15) is 9.18 Å². The Bertz CT molecular complexity index is 933. The molecule has 1 heterocycles. The fraction of sp³-hybridized carbons (Fsp3) is 0.278. The second-order valence-electron chi connectivity index (χ2n) is 5.68. The Morgan fingerprint density at radius 1 is 1.12 bits per heavy atom. The zero-order chi connectivity index (χ0) is 17.8. The number of benzene rings is 2. The third kappa shape index (κ3) is 3.45. The first-order chi connectivity index (χ1) is 12.1. The molecule has 0 bridgehead atoms. The minimum atomic E-state index is -0.423. The molecular weight excluding hydrogens is 323 g/mol. The van der Waals surface area contributed by atoms with Gasteiger partial charge in [0, 0.05) is 12.6 Å². The zero-order valence-corrected chi connectivity index (χ0v) is 14.1. The van der Waals surface area contributed by atoms with E-state index in [0.29, 0.717) is 5.69 Å². The number of hydrogen-bond acceptors (Lipinski definition) is 4. The first kappa shape index (κ1) is 16.9. The number of rotatable bonds is 6. The van der Waals surface area contributed by atoms with Gasteiger partial charge in [-0.25, -0.2) is 9.18 Å². The summed E-state index contributed by atoms with van der Waals surface area (Å²) < 4.78 is 21.9. The molecule has 0 fully saturated rings. The highest BCUT2D eigenvalue weighted by atomic mass is 19.1. The van der Waals surface area contributed by atoms with E-state index in [1.165, 1.54) is 17.8 Å². The average molecular weight is 342 g/mol. The molecule has 0 atom stereocenters. The smallest absolute Gasteiger partial charge is 0.368 e. The second kappa shape index (κ2) is 7.29. The van der Waals surface area contributed by atoms with Gasteiger partial charge in [-0.2, -0.15) is 9.36 Å². The van der Waals surface area contributed by atoms with Crippen molar-refractivity contribution in [3.8, 4) is 11.4 Å². The third-order valence-electron chi connectivity index (χ3n) is 3.93. The first-order valence-corrected chi connectivity index (χ1v) is 8.09. The number of halogens is 1. The van der Waals surface area contributed by atoms with Crippen LogP contribution < -0.4 is 10.4 Å². The fourth-order valence-electron chi connectivity index (χ4n) is 2.67. The van der Waals surface area contributed by atoms with Crippen LogP contribution in [0.25, 0.3) is 5.69 Å². The van der Waals surface area contributed by atoms with Gasteiger partial charge in [-0.3, -0.25) is 0 Å². The predicted molar refractivity (Wildman–Crippen MR) is 91.3 cm³/mol. The van der Waals surface area contributed by atoms with Crippen molar-refractivity contribution in [3.05, 3.63) is 69.9 Å². The largest absolute Gasteiger partial charge is 0.486 e. The van der Waals surface area contributed by atoms with Gasteiger partial charge < -0.3 is 4.74 Å². The number of nitrogens with zero attached hydrogens (tertiary/aromatic N) is 4. The van der Waals surface area contributed by atoms with Crippen LogP contribution in [0.2, 0.25) is 0 Å². The minimum absolute atomic E-state index is 0.134. The van der Waals surface area contributed by atoms with Gasteiger partial charge in [-0.05, 0) is 40.6 Å². The van der Waals surface area contributed by atoms with Crippen LogP contribution in [0.3, 0.4) is 0 Å². The predicted octanol–water partition coefficient (Wildman–Crippen LogP) is 2.64. The van der Waals surface area contributed by atoms with E-state index in [0.717, 1.165) is 28.7 Å². The summed E-state index contributed by atoms with van der Waals surface area (Å²) in [5.41, 5.74) is 2.09. The van der Waals surface area contributed by atoms with Gasteiger partial charge in [-0.15, -0.1) is 0 Å². The van der Waals surface area contributed by atoms with Crippen molar-refractivity contribution in [2.45, 2.75) is 26.4 Å². The van der Waals surface area contributed by atoms with Crippen molar-refractivity contribution in [3.63, 3.8) is 0 Å². The topological polar surface area (TPSA) is 61.9 Å². The highest BCUT2D eigenvalue weighted by Crippen LogP contribution is 2.23. The Balaban J connectivity index is 2.02. The molecule has 0 N–H and O–H groups in total. The summed E-state index contributed by atoms with van der Waals surface area (Å²) in [4.78, 5) is 12.2. The number of aryl methyl sites for hydroxylation is 2. The number of para-hydroxylation sites is 1. The lowest BCUT2D eigenvalue weighted by Crippen LogP contribution is -2.23. The molecule has 3 aromatic rings. The first-order valence-electron chi connectivity index (χ1n) is 8.09. The summed E-state index contributed by atoms with van der Waals surface area (Å²) in [6.07, 6.45) is 1.75. The molecule has 7 heteroatoms. The Kier molecular flexibility index (Phi) is 4.92. The van der Waals surface area contributed by atoms with Crippen molar-refractivity contribution in [1.29, 1.82) is 0 Å². The van der Waals surface area contributed by atoms with Crippen LogP contribution >= 0.6 is 0 Å². The van der Waals surface area contributed by atoms with E-state index in [4.69, 9.17) is 4.74 Å². The fourth-order valence-corrected chi connectivity index (χ4v) is 2.67.